The molecular formula is C11H15N2O8P-2. The van der Waals surface area contributed by atoms with E-state index >= 15 is 0 Å². The molecule has 0 saturated carbocycles. The fourth-order valence-electron chi connectivity index (χ4n) is 2.18. The fourth-order valence-corrected chi connectivity index (χ4v) is 2.51. The lowest BCUT2D eigenvalue weighted by molar-refractivity contribution is -0.343. The summed E-state index contributed by atoms with van der Waals surface area (Å²) in [6.07, 6.45) is -0.351. The van der Waals surface area contributed by atoms with E-state index in [1.807, 2.05) is 0 Å². The zero-order valence-corrected chi connectivity index (χ0v) is 12.2. The van der Waals surface area contributed by atoms with E-state index in [4.69, 9.17) is 10.5 Å². The average Bonchev–Trinajstić information content (AvgIpc) is 2.72. The van der Waals surface area contributed by atoms with E-state index in [0.717, 1.165) is 0 Å². The predicted octanol–water partition coefficient (Wildman–Crippen LogP) is -3.13. The SMILES string of the molecule is NC(=O)C1=CN(C2OC(COP(=O)([O-])[O-])C(O)C2O)C=CC1. The fraction of sp³-hybridized carbons (Fsp3) is 0.545. The molecule has 2 heterocycles. The zero-order valence-electron chi connectivity index (χ0n) is 11.3. The molecule has 0 aromatic rings. The first kappa shape index (κ1) is 17.1. The quantitative estimate of drug-likeness (QED) is 0.440. The number of phosphoric ester groups is 1. The monoisotopic (exact) mass is 334 g/mol. The van der Waals surface area contributed by atoms with Gasteiger partial charge in [-0.15, -0.1) is 0 Å². The van der Waals surface area contributed by atoms with Gasteiger partial charge in [0.05, 0.1) is 14.4 Å². The van der Waals surface area contributed by atoms with Gasteiger partial charge in [-0.3, -0.25) is 4.79 Å². The highest BCUT2D eigenvalue weighted by molar-refractivity contribution is 7.43. The van der Waals surface area contributed by atoms with Gasteiger partial charge in [0, 0.05) is 18.0 Å². The number of primary amides is 1. The number of rotatable bonds is 5. The van der Waals surface area contributed by atoms with Crippen LogP contribution in [0.3, 0.4) is 0 Å². The molecule has 2 rings (SSSR count). The second-order valence-corrected chi connectivity index (χ2v) is 6.00. The number of nitrogens with zero attached hydrogens (tertiary/aromatic N) is 1. The van der Waals surface area contributed by atoms with Crippen LogP contribution < -0.4 is 15.5 Å². The summed E-state index contributed by atoms with van der Waals surface area (Å²) in [5.41, 5.74) is 5.45. The molecule has 4 N–H and O–H groups in total. The molecular weight excluding hydrogens is 319 g/mol. The summed E-state index contributed by atoms with van der Waals surface area (Å²) >= 11 is 0. The lowest BCUT2D eigenvalue weighted by Crippen LogP contribution is -2.40. The highest BCUT2D eigenvalue weighted by atomic mass is 31.2. The van der Waals surface area contributed by atoms with Crippen molar-refractivity contribution in [3.8, 4) is 0 Å². The predicted molar refractivity (Wildman–Crippen MR) is 67.1 cm³/mol. The molecule has 2 aliphatic heterocycles. The number of allylic oxidation sites excluding steroid dienone is 1. The van der Waals surface area contributed by atoms with Crippen molar-refractivity contribution in [3.63, 3.8) is 0 Å². The van der Waals surface area contributed by atoms with Crippen molar-refractivity contribution in [2.75, 3.05) is 6.61 Å². The molecule has 1 fully saturated rings. The van der Waals surface area contributed by atoms with E-state index in [-0.39, 0.29) is 5.57 Å². The average molecular weight is 334 g/mol. The van der Waals surface area contributed by atoms with Crippen molar-refractivity contribution in [3.05, 3.63) is 24.0 Å². The summed E-state index contributed by atoms with van der Waals surface area (Å²) in [6, 6.07) is 0. The molecule has 4 atom stereocenters. The highest BCUT2D eigenvalue weighted by Crippen LogP contribution is 2.31. The minimum Gasteiger partial charge on any atom is -0.790 e. The van der Waals surface area contributed by atoms with Gasteiger partial charge in [0.25, 0.3) is 0 Å². The number of aliphatic hydroxyl groups excluding tert-OH is 2. The van der Waals surface area contributed by atoms with E-state index in [1.165, 1.54) is 17.3 Å². The summed E-state index contributed by atoms with van der Waals surface area (Å²) in [4.78, 5) is 33.4. The van der Waals surface area contributed by atoms with Crippen molar-refractivity contribution in [1.82, 2.24) is 4.90 Å². The van der Waals surface area contributed by atoms with Crippen LogP contribution in [0.2, 0.25) is 0 Å². The van der Waals surface area contributed by atoms with Crippen LogP contribution in [0.1, 0.15) is 6.42 Å². The number of ether oxygens (including phenoxy) is 1. The summed E-state index contributed by atoms with van der Waals surface area (Å²) in [6.45, 7) is -0.719. The molecule has 124 valence electrons. The molecule has 0 aliphatic carbocycles. The molecule has 0 aromatic carbocycles. The summed E-state index contributed by atoms with van der Waals surface area (Å²) in [5.74, 6) is -0.638. The molecule has 22 heavy (non-hydrogen) atoms. The maximum Gasteiger partial charge on any atom is 0.246 e. The Bertz CT molecular complexity index is 544. The van der Waals surface area contributed by atoms with Gasteiger partial charge in [-0.1, -0.05) is 6.08 Å². The van der Waals surface area contributed by atoms with Crippen LogP contribution in [0.25, 0.3) is 0 Å². The Labute approximate surface area is 125 Å². The molecule has 11 heteroatoms. The Kier molecular flexibility index (Phi) is 5.03. The zero-order chi connectivity index (χ0) is 16.5. The van der Waals surface area contributed by atoms with Crippen LogP contribution in [0.5, 0.6) is 0 Å². The van der Waals surface area contributed by atoms with Crippen LogP contribution in [0.4, 0.5) is 0 Å². The first-order valence-corrected chi connectivity index (χ1v) is 7.78. The Morgan fingerprint density at radius 3 is 2.77 bits per heavy atom. The second kappa shape index (κ2) is 6.47. The second-order valence-electron chi connectivity index (χ2n) is 4.84. The van der Waals surface area contributed by atoms with E-state index in [0.29, 0.717) is 6.42 Å². The van der Waals surface area contributed by atoms with E-state index in [2.05, 4.69) is 4.52 Å². The number of phosphoric acid groups is 1. The molecule has 10 nitrogen and oxygen atoms in total. The standard InChI is InChI=1S/C11H17N2O8P/c12-10(16)6-2-1-3-13(4-6)11-9(15)8(14)7(21-11)5-20-22(17,18)19/h1,3-4,7-9,11,14-15H,2,5H2,(H2,12,16)(H2,17,18,19)/p-2. The highest BCUT2D eigenvalue weighted by Gasteiger charge is 2.45. The van der Waals surface area contributed by atoms with Crippen molar-refractivity contribution in [2.45, 2.75) is 31.0 Å². The summed E-state index contributed by atoms with van der Waals surface area (Å²) < 4.78 is 19.8. The third kappa shape index (κ3) is 3.93. The van der Waals surface area contributed by atoms with E-state index in [1.54, 1.807) is 6.08 Å². The van der Waals surface area contributed by atoms with Gasteiger partial charge < -0.3 is 44.5 Å². The van der Waals surface area contributed by atoms with Gasteiger partial charge in [-0.05, 0) is 6.42 Å². The number of amides is 1. The third-order valence-electron chi connectivity index (χ3n) is 3.26. The molecule has 0 radical (unpaired) electrons. The van der Waals surface area contributed by atoms with Gasteiger partial charge >= 0.3 is 0 Å². The van der Waals surface area contributed by atoms with Crippen molar-refractivity contribution in [2.24, 2.45) is 5.73 Å². The molecule has 0 spiro atoms. The number of aliphatic hydroxyl groups is 2. The first-order valence-electron chi connectivity index (χ1n) is 6.32. The van der Waals surface area contributed by atoms with Crippen LogP contribution in [0.15, 0.2) is 24.0 Å². The maximum absolute atomic E-state index is 11.2. The van der Waals surface area contributed by atoms with Crippen molar-refractivity contribution in [1.29, 1.82) is 0 Å². The minimum atomic E-state index is -5.21. The molecule has 1 saturated heterocycles. The van der Waals surface area contributed by atoms with E-state index in [9.17, 15) is 29.4 Å². The lowest BCUT2D eigenvalue weighted by Gasteiger charge is -2.30. The Morgan fingerprint density at radius 2 is 2.18 bits per heavy atom. The topological polar surface area (TPSA) is 168 Å². The van der Waals surface area contributed by atoms with Crippen LogP contribution in [-0.2, 0) is 18.6 Å². The van der Waals surface area contributed by atoms with Crippen molar-refractivity contribution < 1.29 is 38.6 Å². The minimum absolute atomic E-state index is 0.274. The third-order valence-corrected chi connectivity index (χ3v) is 3.73. The summed E-state index contributed by atoms with van der Waals surface area (Å²) in [5, 5.41) is 19.8. The Hall–Kier alpha value is -1.26. The van der Waals surface area contributed by atoms with Crippen LogP contribution >= 0.6 is 7.82 Å². The smallest absolute Gasteiger partial charge is 0.246 e. The van der Waals surface area contributed by atoms with E-state index < -0.39 is 44.9 Å². The largest absolute Gasteiger partial charge is 0.790 e. The van der Waals surface area contributed by atoms with Crippen LogP contribution in [-0.4, -0.2) is 52.2 Å². The number of carbonyl (C=O) groups excluding carboxylic acids is 1. The van der Waals surface area contributed by atoms with Gasteiger partial charge in [0.15, 0.2) is 6.23 Å². The maximum atomic E-state index is 11.2. The normalized spacial score (nSPS) is 32.2. The van der Waals surface area contributed by atoms with Gasteiger partial charge in [-0.2, -0.15) is 0 Å². The number of hydrogen-bond donors (Lipinski definition) is 3. The molecule has 0 aromatic heterocycles. The van der Waals surface area contributed by atoms with Gasteiger partial charge in [0.2, 0.25) is 5.91 Å². The molecule has 2 aliphatic rings. The number of carbonyl (C=O) groups is 1. The molecule has 0 bridgehead atoms. The molecule has 4 unspecified atom stereocenters. The van der Waals surface area contributed by atoms with Crippen molar-refractivity contribution >= 4 is 13.7 Å². The molecule has 1 amide bonds. The van der Waals surface area contributed by atoms with Gasteiger partial charge in [-0.25, -0.2) is 0 Å². The number of hydrogen-bond acceptors (Lipinski definition) is 9. The lowest BCUT2D eigenvalue weighted by atomic mass is 10.1. The first-order chi connectivity index (χ1) is 10.2. The van der Waals surface area contributed by atoms with Crippen LogP contribution in [0, 0.1) is 0 Å². The number of nitrogens with two attached hydrogens (primary N) is 1. The van der Waals surface area contributed by atoms with Gasteiger partial charge in [0.1, 0.15) is 18.3 Å². The Morgan fingerprint density at radius 1 is 1.50 bits per heavy atom. The summed E-state index contributed by atoms with van der Waals surface area (Å²) in [7, 11) is -5.21. The Balaban J connectivity index is 2.06.